The second-order valence-electron chi connectivity index (χ2n) is 4.78. The van der Waals surface area contributed by atoms with Crippen LogP contribution in [0.5, 0.6) is 0 Å². The fourth-order valence-corrected chi connectivity index (χ4v) is 2.75. The summed E-state index contributed by atoms with van der Waals surface area (Å²) in [5.74, 6) is -0.224. The first kappa shape index (κ1) is 19.4. The maximum Gasteiger partial charge on any atom is 0.252 e. The summed E-state index contributed by atoms with van der Waals surface area (Å²) in [6.07, 6.45) is -0.561. The molecule has 4 nitrogen and oxygen atoms in total. The van der Waals surface area contributed by atoms with Crippen LogP contribution in [0.25, 0.3) is 0 Å². The van der Waals surface area contributed by atoms with Crippen LogP contribution >= 0.6 is 60.0 Å². The highest BCUT2D eigenvalue weighted by Gasteiger charge is 2.33. The maximum atomic E-state index is 12.4. The van der Waals surface area contributed by atoms with Crippen LogP contribution in [-0.2, 0) is 0 Å². The van der Waals surface area contributed by atoms with Gasteiger partial charge in [-0.05, 0) is 36.5 Å². The molecule has 0 fully saturated rings. The lowest BCUT2D eigenvalue weighted by Gasteiger charge is -2.28. The molecule has 3 N–H and O–H groups in total. The molecule has 8 heteroatoms. The SMILES string of the molecule is O=C(N[C@H](NC(=S)Nc1ccccc1)C(Br)(Br)Br)c1ccccc1. The quantitative estimate of drug-likeness (QED) is 0.305. The molecule has 1 amide bonds. The highest BCUT2D eigenvalue weighted by molar-refractivity contribution is 9.39. The fraction of sp³-hybridized carbons (Fsp3) is 0.125. The summed E-state index contributed by atoms with van der Waals surface area (Å²) < 4.78 is -0.778. The Balaban J connectivity index is 2.03. The number of amides is 1. The van der Waals surface area contributed by atoms with Gasteiger partial charge in [-0.2, -0.15) is 0 Å². The zero-order valence-corrected chi connectivity index (χ0v) is 17.9. The summed E-state index contributed by atoms with van der Waals surface area (Å²) in [5.41, 5.74) is 1.41. The third-order valence-corrected chi connectivity index (χ3v) is 4.54. The number of hydrogen-bond acceptors (Lipinski definition) is 2. The highest BCUT2D eigenvalue weighted by Crippen LogP contribution is 2.36. The first-order valence-corrected chi connectivity index (χ1v) is 9.70. The van der Waals surface area contributed by atoms with Gasteiger partial charge in [0.1, 0.15) is 6.17 Å². The number of hydrogen-bond donors (Lipinski definition) is 3. The molecule has 0 saturated heterocycles. The van der Waals surface area contributed by atoms with Crippen LogP contribution in [0.15, 0.2) is 60.7 Å². The summed E-state index contributed by atoms with van der Waals surface area (Å²) in [5, 5.41) is 9.37. The van der Waals surface area contributed by atoms with Crippen molar-refractivity contribution < 1.29 is 4.79 Å². The van der Waals surface area contributed by atoms with Crippen LogP contribution in [0.1, 0.15) is 10.4 Å². The molecule has 0 spiro atoms. The Morgan fingerprint density at radius 3 is 2.00 bits per heavy atom. The Kier molecular flexibility index (Phi) is 7.21. The summed E-state index contributed by atoms with van der Waals surface area (Å²) >= 11 is 15.6. The third-order valence-electron chi connectivity index (χ3n) is 2.95. The van der Waals surface area contributed by atoms with E-state index in [9.17, 15) is 4.79 Å². The Morgan fingerprint density at radius 2 is 1.46 bits per heavy atom. The fourth-order valence-electron chi connectivity index (χ4n) is 1.82. The standard InChI is InChI=1S/C16H14Br3N3OS/c17-16(18,19)14(21-13(23)11-7-3-1-4-8-11)22-15(24)20-12-9-5-2-6-10-12/h1-10,14H,(H,21,23)(H2,20,22,24)/t14-/m1/s1. The molecule has 2 aromatic carbocycles. The van der Waals surface area contributed by atoms with Crippen LogP contribution in [0.4, 0.5) is 5.69 Å². The van der Waals surface area contributed by atoms with Gasteiger partial charge in [0.05, 0.1) is 0 Å². The minimum Gasteiger partial charge on any atom is -0.340 e. The highest BCUT2D eigenvalue weighted by atomic mass is 80.0. The van der Waals surface area contributed by atoms with E-state index < -0.39 is 8.31 Å². The minimum atomic E-state index is -0.778. The Bertz CT molecular complexity index is 693. The molecule has 0 aromatic heterocycles. The topological polar surface area (TPSA) is 53.2 Å². The van der Waals surface area contributed by atoms with Crippen LogP contribution in [-0.4, -0.2) is 19.3 Å². The van der Waals surface area contributed by atoms with Gasteiger partial charge in [-0.3, -0.25) is 4.79 Å². The van der Waals surface area contributed by atoms with Crippen molar-refractivity contribution in [2.75, 3.05) is 5.32 Å². The van der Waals surface area contributed by atoms with E-state index in [1.807, 2.05) is 48.5 Å². The van der Waals surface area contributed by atoms with Gasteiger partial charge in [0.25, 0.3) is 5.91 Å². The van der Waals surface area contributed by atoms with Crippen LogP contribution < -0.4 is 16.0 Å². The van der Waals surface area contributed by atoms with Crippen LogP contribution in [0.2, 0.25) is 0 Å². The lowest BCUT2D eigenvalue weighted by Crippen LogP contribution is -2.55. The van der Waals surface area contributed by atoms with Gasteiger partial charge in [-0.25, -0.2) is 0 Å². The molecule has 0 heterocycles. The largest absolute Gasteiger partial charge is 0.340 e. The van der Waals surface area contributed by atoms with Crippen LogP contribution in [0.3, 0.4) is 0 Å². The van der Waals surface area contributed by atoms with E-state index in [1.165, 1.54) is 0 Å². The van der Waals surface area contributed by atoms with Crippen LogP contribution in [0, 0.1) is 0 Å². The summed E-state index contributed by atoms with van der Waals surface area (Å²) in [4.78, 5) is 12.4. The number of carbonyl (C=O) groups is 1. The van der Waals surface area contributed by atoms with Gasteiger partial charge in [0.15, 0.2) is 7.26 Å². The minimum absolute atomic E-state index is 0.224. The molecule has 0 bridgehead atoms. The second kappa shape index (κ2) is 8.94. The second-order valence-corrected chi connectivity index (χ2v) is 12.1. The number of alkyl halides is 3. The van der Waals surface area contributed by atoms with E-state index in [1.54, 1.807) is 12.1 Å². The average Bonchev–Trinajstić information content (AvgIpc) is 2.55. The van der Waals surface area contributed by atoms with Crippen molar-refractivity contribution in [3.63, 3.8) is 0 Å². The number of para-hydroxylation sites is 1. The molecule has 0 radical (unpaired) electrons. The van der Waals surface area contributed by atoms with Gasteiger partial charge in [0, 0.05) is 11.3 Å². The molecule has 2 rings (SSSR count). The van der Waals surface area contributed by atoms with Crippen molar-refractivity contribution in [2.24, 2.45) is 0 Å². The van der Waals surface area contributed by atoms with Gasteiger partial charge in [-0.1, -0.05) is 84.2 Å². The summed E-state index contributed by atoms with van der Waals surface area (Å²) in [7, 11) is 0. The first-order chi connectivity index (χ1) is 11.4. The molecule has 0 aliphatic rings. The van der Waals surface area contributed by atoms with Crippen molar-refractivity contribution in [1.82, 2.24) is 10.6 Å². The number of benzene rings is 2. The number of carbonyl (C=O) groups excluding carboxylic acids is 1. The number of thiocarbonyl (C=S) groups is 1. The van der Waals surface area contributed by atoms with Crippen molar-refractivity contribution in [3.05, 3.63) is 66.2 Å². The number of rotatable bonds is 4. The van der Waals surface area contributed by atoms with Crippen molar-refractivity contribution in [1.29, 1.82) is 0 Å². The monoisotopic (exact) mass is 533 g/mol. The maximum absolute atomic E-state index is 12.4. The molecule has 1 atom stereocenters. The first-order valence-electron chi connectivity index (χ1n) is 6.91. The molecule has 2 aromatic rings. The molecule has 0 aliphatic carbocycles. The molecule has 24 heavy (non-hydrogen) atoms. The molecule has 0 aliphatic heterocycles. The summed E-state index contributed by atoms with van der Waals surface area (Å²) in [6.45, 7) is 0. The smallest absolute Gasteiger partial charge is 0.252 e. The van der Waals surface area contributed by atoms with E-state index in [0.29, 0.717) is 10.7 Å². The molecule has 126 valence electrons. The van der Waals surface area contributed by atoms with E-state index in [2.05, 4.69) is 63.7 Å². The Morgan fingerprint density at radius 1 is 0.917 bits per heavy atom. The van der Waals surface area contributed by atoms with Crippen molar-refractivity contribution in [2.45, 2.75) is 8.31 Å². The Labute approximate surface area is 171 Å². The van der Waals surface area contributed by atoms with E-state index >= 15 is 0 Å². The predicted octanol–water partition coefficient (Wildman–Crippen LogP) is 4.57. The lowest BCUT2D eigenvalue weighted by molar-refractivity contribution is 0.0936. The predicted molar refractivity (Wildman–Crippen MR) is 113 cm³/mol. The normalized spacial score (nSPS) is 12.1. The molecule has 0 unspecified atom stereocenters. The van der Waals surface area contributed by atoms with Crippen molar-refractivity contribution >= 4 is 76.7 Å². The van der Waals surface area contributed by atoms with E-state index in [4.69, 9.17) is 12.2 Å². The third kappa shape index (κ3) is 6.16. The number of nitrogens with one attached hydrogen (secondary N) is 3. The van der Waals surface area contributed by atoms with Gasteiger partial charge in [-0.15, -0.1) is 0 Å². The van der Waals surface area contributed by atoms with E-state index in [-0.39, 0.29) is 5.91 Å². The number of halogens is 3. The zero-order valence-electron chi connectivity index (χ0n) is 12.3. The van der Waals surface area contributed by atoms with Crippen molar-refractivity contribution in [3.8, 4) is 0 Å². The molecular weight excluding hydrogens is 522 g/mol. The average molecular weight is 536 g/mol. The molecular formula is C16H14Br3N3OS. The number of anilines is 1. The van der Waals surface area contributed by atoms with E-state index in [0.717, 1.165) is 5.69 Å². The zero-order chi connectivity index (χ0) is 17.6. The van der Waals surface area contributed by atoms with Gasteiger partial charge in [0.2, 0.25) is 0 Å². The molecule has 0 saturated carbocycles. The Hall–Kier alpha value is -0.960. The van der Waals surface area contributed by atoms with Gasteiger partial charge < -0.3 is 16.0 Å². The van der Waals surface area contributed by atoms with Gasteiger partial charge >= 0.3 is 0 Å². The lowest BCUT2D eigenvalue weighted by atomic mass is 10.2. The summed E-state index contributed by atoms with van der Waals surface area (Å²) in [6, 6.07) is 18.5.